The van der Waals surface area contributed by atoms with Crippen LogP contribution in [-0.4, -0.2) is 12.6 Å². The Morgan fingerprint density at radius 1 is 1.11 bits per heavy atom. The first-order valence-electron chi connectivity index (χ1n) is 7.84. The highest BCUT2D eigenvalue weighted by Crippen LogP contribution is 2.44. The zero-order valence-corrected chi connectivity index (χ0v) is 12.6. The summed E-state index contributed by atoms with van der Waals surface area (Å²) in [6.45, 7) is 8.05. The minimum absolute atomic E-state index is 0.261. The molecule has 1 heteroatoms. The molecule has 0 radical (unpaired) electrons. The van der Waals surface area contributed by atoms with Crippen LogP contribution in [0, 0.1) is 0 Å². The molecule has 0 unspecified atom stereocenters. The molecule has 1 aromatic carbocycles. The molecule has 2 fully saturated rings. The van der Waals surface area contributed by atoms with E-state index in [2.05, 4.69) is 50.4 Å². The van der Waals surface area contributed by atoms with Crippen LogP contribution in [0.2, 0.25) is 0 Å². The minimum Gasteiger partial charge on any atom is -0.313 e. The van der Waals surface area contributed by atoms with Gasteiger partial charge in [0, 0.05) is 18.0 Å². The van der Waals surface area contributed by atoms with Crippen molar-refractivity contribution in [2.45, 2.75) is 69.7 Å². The van der Waals surface area contributed by atoms with Crippen LogP contribution in [0.3, 0.4) is 0 Å². The highest BCUT2D eigenvalue weighted by atomic mass is 15.0. The molecule has 0 saturated heterocycles. The molecule has 0 heterocycles. The van der Waals surface area contributed by atoms with Crippen LogP contribution in [-0.2, 0) is 10.8 Å². The van der Waals surface area contributed by atoms with E-state index in [0.717, 1.165) is 6.04 Å². The third-order valence-corrected chi connectivity index (χ3v) is 4.98. The van der Waals surface area contributed by atoms with E-state index in [-0.39, 0.29) is 5.41 Å². The molecule has 2 saturated carbocycles. The Balaban J connectivity index is 1.75. The second-order valence-electron chi connectivity index (χ2n) is 7.62. The lowest BCUT2D eigenvalue weighted by molar-refractivity contribution is 0.233. The van der Waals surface area contributed by atoms with E-state index in [0.29, 0.717) is 5.41 Å². The van der Waals surface area contributed by atoms with Gasteiger partial charge in [0.1, 0.15) is 0 Å². The van der Waals surface area contributed by atoms with Gasteiger partial charge < -0.3 is 5.32 Å². The molecule has 0 spiro atoms. The second-order valence-corrected chi connectivity index (χ2v) is 7.62. The molecule has 1 aromatic rings. The summed E-state index contributed by atoms with van der Waals surface area (Å²) < 4.78 is 0. The second kappa shape index (κ2) is 4.63. The molecule has 2 aliphatic carbocycles. The Bertz CT molecular complexity index is 430. The lowest BCUT2D eigenvalue weighted by Crippen LogP contribution is -2.44. The summed E-state index contributed by atoms with van der Waals surface area (Å²) in [5.74, 6) is 0. The monoisotopic (exact) mass is 257 g/mol. The van der Waals surface area contributed by atoms with Gasteiger partial charge in [0.25, 0.3) is 0 Å². The predicted octanol–water partition coefficient (Wildman–Crippen LogP) is 4.16. The van der Waals surface area contributed by atoms with Crippen LogP contribution in [0.15, 0.2) is 24.3 Å². The Kier molecular flexibility index (Phi) is 3.21. The van der Waals surface area contributed by atoms with E-state index in [9.17, 15) is 0 Å². The van der Waals surface area contributed by atoms with Gasteiger partial charge in [0.05, 0.1) is 0 Å². The smallest absolute Gasteiger partial charge is 0.00779 e. The summed E-state index contributed by atoms with van der Waals surface area (Å²) in [6.07, 6.45) is 6.90. The lowest BCUT2D eigenvalue weighted by Gasteiger charge is -2.43. The van der Waals surface area contributed by atoms with Crippen LogP contribution in [0.1, 0.15) is 64.0 Å². The van der Waals surface area contributed by atoms with Gasteiger partial charge >= 0.3 is 0 Å². The van der Waals surface area contributed by atoms with Gasteiger partial charge in [-0.15, -0.1) is 0 Å². The highest BCUT2D eigenvalue weighted by molar-refractivity contribution is 5.34. The fourth-order valence-electron chi connectivity index (χ4n) is 3.12. The van der Waals surface area contributed by atoms with Crippen LogP contribution in [0.4, 0.5) is 0 Å². The highest BCUT2D eigenvalue weighted by Gasteiger charge is 2.39. The normalized spacial score (nSPS) is 22.1. The number of benzene rings is 1. The molecular formula is C18H27N. The summed E-state index contributed by atoms with van der Waals surface area (Å²) >= 11 is 0. The van der Waals surface area contributed by atoms with Crippen molar-refractivity contribution in [2.75, 3.05) is 6.54 Å². The van der Waals surface area contributed by atoms with E-state index in [1.807, 2.05) is 0 Å². The topological polar surface area (TPSA) is 12.0 Å². The van der Waals surface area contributed by atoms with Crippen molar-refractivity contribution >= 4 is 0 Å². The average Bonchev–Trinajstić information content (AvgIpc) is 3.11. The van der Waals surface area contributed by atoms with Gasteiger partial charge in [-0.25, -0.2) is 0 Å². The molecule has 2 aliphatic rings. The third kappa shape index (κ3) is 2.72. The Morgan fingerprint density at radius 3 is 2.16 bits per heavy atom. The van der Waals surface area contributed by atoms with Gasteiger partial charge in [-0.3, -0.25) is 0 Å². The molecule has 1 N–H and O–H groups in total. The zero-order valence-electron chi connectivity index (χ0n) is 12.6. The minimum atomic E-state index is 0.261. The van der Waals surface area contributed by atoms with Crippen LogP contribution >= 0.6 is 0 Å². The van der Waals surface area contributed by atoms with Crippen molar-refractivity contribution in [3.63, 3.8) is 0 Å². The van der Waals surface area contributed by atoms with Crippen molar-refractivity contribution in [1.82, 2.24) is 5.32 Å². The van der Waals surface area contributed by atoms with Crippen molar-refractivity contribution < 1.29 is 0 Å². The number of nitrogens with one attached hydrogen (secondary N) is 1. The van der Waals surface area contributed by atoms with Crippen molar-refractivity contribution in [3.8, 4) is 0 Å². The summed E-state index contributed by atoms with van der Waals surface area (Å²) in [5, 5.41) is 3.74. The number of hydrogen-bond acceptors (Lipinski definition) is 1. The van der Waals surface area contributed by atoms with E-state index < -0.39 is 0 Å². The maximum Gasteiger partial charge on any atom is 0.00779 e. The van der Waals surface area contributed by atoms with E-state index in [1.54, 1.807) is 5.56 Å². The van der Waals surface area contributed by atoms with Gasteiger partial charge in [-0.05, 0) is 42.2 Å². The van der Waals surface area contributed by atoms with Crippen LogP contribution in [0.25, 0.3) is 0 Å². The predicted molar refractivity (Wildman–Crippen MR) is 81.7 cm³/mol. The molecule has 0 bridgehead atoms. The van der Waals surface area contributed by atoms with Crippen molar-refractivity contribution in [1.29, 1.82) is 0 Å². The zero-order chi connectivity index (χ0) is 13.5. The van der Waals surface area contributed by atoms with Gasteiger partial charge in [0.15, 0.2) is 0 Å². The van der Waals surface area contributed by atoms with Gasteiger partial charge in [0.2, 0.25) is 0 Å². The molecule has 0 atom stereocenters. The van der Waals surface area contributed by atoms with E-state index in [1.165, 1.54) is 44.2 Å². The maximum atomic E-state index is 3.74. The Morgan fingerprint density at radius 2 is 1.74 bits per heavy atom. The fraction of sp³-hybridized carbons (Fsp3) is 0.667. The summed E-state index contributed by atoms with van der Waals surface area (Å²) in [5.41, 5.74) is 3.71. The third-order valence-electron chi connectivity index (χ3n) is 4.98. The molecular weight excluding hydrogens is 230 g/mol. The standard InChI is InChI=1S/C18H27N/c1-17(2,3)14-5-7-15(8-6-14)18(11-4-12-18)13-19-16-9-10-16/h5-8,16,19H,4,9-13H2,1-3H3. The first-order valence-corrected chi connectivity index (χ1v) is 7.84. The van der Waals surface area contributed by atoms with E-state index >= 15 is 0 Å². The van der Waals surface area contributed by atoms with Gasteiger partial charge in [-0.2, -0.15) is 0 Å². The van der Waals surface area contributed by atoms with E-state index in [4.69, 9.17) is 0 Å². The Hall–Kier alpha value is -0.820. The lowest BCUT2D eigenvalue weighted by atomic mass is 9.64. The molecule has 0 aliphatic heterocycles. The summed E-state index contributed by atoms with van der Waals surface area (Å²) in [6, 6.07) is 10.3. The quantitative estimate of drug-likeness (QED) is 0.854. The van der Waals surface area contributed by atoms with Crippen LogP contribution in [0.5, 0.6) is 0 Å². The largest absolute Gasteiger partial charge is 0.313 e. The summed E-state index contributed by atoms with van der Waals surface area (Å²) in [4.78, 5) is 0. The van der Waals surface area contributed by atoms with Crippen molar-refractivity contribution in [3.05, 3.63) is 35.4 Å². The van der Waals surface area contributed by atoms with Crippen LogP contribution < -0.4 is 5.32 Å². The SMILES string of the molecule is CC(C)(C)c1ccc(C2(CNC3CC3)CCC2)cc1. The summed E-state index contributed by atoms with van der Waals surface area (Å²) in [7, 11) is 0. The molecule has 1 nitrogen and oxygen atoms in total. The Labute approximate surface area is 117 Å². The first-order chi connectivity index (χ1) is 9.00. The molecule has 0 amide bonds. The molecule has 3 rings (SSSR count). The van der Waals surface area contributed by atoms with Gasteiger partial charge in [-0.1, -0.05) is 51.5 Å². The first kappa shape index (κ1) is 13.2. The molecule has 19 heavy (non-hydrogen) atoms. The fourth-order valence-corrected chi connectivity index (χ4v) is 3.12. The van der Waals surface area contributed by atoms with Crippen molar-refractivity contribution in [2.24, 2.45) is 0 Å². The average molecular weight is 257 g/mol. The molecule has 0 aromatic heterocycles. The number of hydrogen-bond donors (Lipinski definition) is 1. The number of rotatable bonds is 4. The maximum absolute atomic E-state index is 3.74. The molecule has 104 valence electrons.